The summed E-state index contributed by atoms with van der Waals surface area (Å²) in [5.74, 6) is 1.27. The first-order valence-electron chi connectivity index (χ1n) is 23.5. The van der Waals surface area contributed by atoms with Crippen molar-refractivity contribution in [2.45, 2.75) is 0 Å². The Morgan fingerprint density at radius 3 is 0.800 bits per heavy atom. The van der Waals surface area contributed by atoms with Gasteiger partial charge in [-0.25, -0.2) is 8.78 Å². The van der Waals surface area contributed by atoms with Crippen LogP contribution in [0.15, 0.2) is 188 Å². The summed E-state index contributed by atoms with van der Waals surface area (Å²) in [4.78, 5) is 11.2. The number of aromatic hydroxyl groups is 1. The standard InChI is InChI=1S/C34H18N4O4.C22H8F2N4O2.C6H6O.CH2O3.2Cs.H/c35-19-23-14-25(21-37)33(17-31(23)39-27-8-3-1-4-9-27)41-29-12-7-13-30(16-29)42-34-18-32(24(20-36)15-26(34)22-38)40-28-10-5-2-6-11-28;23-19-7-21(15(11-27)4-13(19)9-25)29-17-2-1-3-18(6-17)30-22-8-20(24)14(10-26)5-16(22)12-28;7-6-4-2-1-3-5-6;2-1-4-3;;;/h1-18H;1-8H;1-5,7H;1,3H;;;/q;;;;2*+1;-1/p-1. The number of nitrogens with zero attached hydrogens (tertiary/aromatic N) is 8. The summed E-state index contributed by atoms with van der Waals surface area (Å²) in [6.45, 7) is -0.181. The Bertz CT molecular complexity index is 3940. The quantitative estimate of drug-likeness (QED) is 0.0671. The molecular weight excluding hydrogens is 1330 g/mol. The number of rotatable bonds is 13. The van der Waals surface area contributed by atoms with Crippen molar-refractivity contribution in [3.63, 3.8) is 0 Å². The fourth-order valence-electron chi connectivity index (χ4n) is 6.80. The molecule has 0 unspecified atom stereocenters. The van der Waals surface area contributed by atoms with Gasteiger partial charge in [0.25, 0.3) is 6.47 Å². The average Bonchev–Trinajstić information content (AvgIpc) is 3.61. The molecule has 0 aliphatic carbocycles. The van der Waals surface area contributed by atoms with Crippen LogP contribution in [0.3, 0.4) is 0 Å². The summed E-state index contributed by atoms with van der Waals surface area (Å²) in [6.07, 6.45) is 0. The number of carbonyl (C=O) groups excluding carboxylic acids is 1. The van der Waals surface area contributed by atoms with E-state index in [2.05, 4.69) is 4.89 Å². The van der Waals surface area contributed by atoms with Crippen LogP contribution in [0.4, 0.5) is 8.78 Å². The minimum absolute atomic E-state index is 0. The van der Waals surface area contributed by atoms with Gasteiger partial charge in [-0.3, -0.25) is 4.79 Å². The van der Waals surface area contributed by atoms with Gasteiger partial charge in [-0.1, -0.05) is 66.7 Å². The molecule has 9 aromatic carbocycles. The second-order valence-corrected chi connectivity index (χ2v) is 16.0. The van der Waals surface area contributed by atoms with Gasteiger partial charge in [-0.15, -0.1) is 0 Å². The summed E-state index contributed by atoms with van der Waals surface area (Å²) < 4.78 is 62.7. The van der Waals surface area contributed by atoms with Crippen molar-refractivity contribution in [3.8, 4) is 123 Å². The van der Waals surface area contributed by atoms with Crippen LogP contribution in [0.1, 0.15) is 45.9 Å². The maximum atomic E-state index is 13.9. The zero-order valence-corrected chi connectivity index (χ0v) is 57.0. The van der Waals surface area contributed by atoms with E-state index in [9.17, 15) is 40.4 Å². The van der Waals surface area contributed by atoms with Crippen LogP contribution >= 0.6 is 0 Å². The first-order chi connectivity index (χ1) is 40.4. The van der Waals surface area contributed by atoms with Crippen molar-refractivity contribution in [2.75, 3.05) is 0 Å². The van der Waals surface area contributed by atoms with Crippen molar-refractivity contribution >= 4 is 6.47 Å². The molecule has 0 fully saturated rings. The first-order valence-corrected chi connectivity index (χ1v) is 23.5. The Hall–Kier alpha value is -9.11. The molecule has 0 heterocycles. The van der Waals surface area contributed by atoms with Gasteiger partial charge < -0.3 is 45.1 Å². The maximum Gasteiger partial charge on any atom is 1.00 e. The van der Waals surface area contributed by atoms with Gasteiger partial charge in [0.2, 0.25) is 0 Å². The number of halogens is 2. The van der Waals surface area contributed by atoms with E-state index in [-0.39, 0.29) is 236 Å². The molecule has 18 nitrogen and oxygen atoms in total. The Morgan fingerprint density at radius 2 is 0.565 bits per heavy atom. The molecule has 22 heteroatoms. The molecule has 0 bridgehead atoms. The molecule has 0 amide bonds. The Labute approximate surface area is 603 Å². The smallest absolute Gasteiger partial charge is 1.00 e. The average molecular weight is 1370 g/mol. The zero-order chi connectivity index (χ0) is 59.5. The maximum absolute atomic E-state index is 13.9. The van der Waals surface area contributed by atoms with E-state index >= 15 is 0 Å². The molecule has 1 N–H and O–H groups in total. The summed E-state index contributed by atoms with van der Waals surface area (Å²) in [5, 5.41) is 91.8. The molecule has 9 rings (SSSR count). The van der Waals surface area contributed by atoms with Gasteiger partial charge in [0.05, 0.1) is 44.5 Å². The number of phenols is 1. The van der Waals surface area contributed by atoms with Gasteiger partial charge in [0.15, 0.2) is 0 Å². The molecule has 0 saturated heterocycles. The van der Waals surface area contributed by atoms with Crippen LogP contribution in [0.5, 0.6) is 74.7 Å². The molecule has 402 valence electrons. The van der Waals surface area contributed by atoms with E-state index in [4.69, 9.17) is 54.1 Å². The number of benzene rings is 9. The number of carbonyl (C=O) groups is 1. The van der Waals surface area contributed by atoms with Crippen LogP contribution < -0.4 is 171 Å². The topological polar surface area (TPSA) is 315 Å². The predicted molar refractivity (Wildman–Crippen MR) is 286 cm³/mol. The number of para-hydroxylation sites is 3. The molecule has 0 atom stereocenters. The second-order valence-electron chi connectivity index (χ2n) is 16.0. The van der Waals surface area contributed by atoms with Gasteiger partial charge in [0.1, 0.15) is 135 Å². The van der Waals surface area contributed by atoms with E-state index in [1.165, 1.54) is 48.5 Å². The third-order valence-electron chi connectivity index (χ3n) is 10.5. The van der Waals surface area contributed by atoms with Crippen molar-refractivity contribution in [3.05, 3.63) is 244 Å². The number of hydrogen-bond acceptors (Lipinski definition) is 18. The second kappa shape index (κ2) is 35.8. The van der Waals surface area contributed by atoms with Crippen LogP contribution in [0.25, 0.3) is 0 Å². The van der Waals surface area contributed by atoms with E-state index in [0.717, 1.165) is 24.3 Å². The molecule has 0 aliphatic rings. The minimum atomic E-state index is -0.842. The first kappa shape index (κ1) is 68.4. The normalized spacial score (nSPS) is 9.16. The Kier molecular flexibility index (Phi) is 28.8. The van der Waals surface area contributed by atoms with Crippen molar-refractivity contribution in [1.29, 1.82) is 42.1 Å². The number of phenolic OH excluding ortho intramolecular Hbond substituents is 1. The van der Waals surface area contributed by atoms with Crippen molar-refractivity contribution < 1.29 is 196 Å². The SMILES string of the molecule is N#Cc1cc(C#N)c(Oc2cccc(Oc3cc(F)c(C#N)cc3C#N)c2)cc1F.N#Cc1cc(C#N)c(Oc2cccc(Oc3cc(Oc4ccccc4)c(C#N)cc3C#N)c2)cc1Oc1ccccc1.O=CO[O-].Oc1ccccc1.[Cs+].[Cs+].[H-]. The molecule has 0 aliphatic heterocycles. The molecule has 9 aromatic rings. The van der Waals surface area contributed by atoms with Crippen LogP contribution in [0, 0.1) is 102 Å². The molecule has 0 spiro atoms. The summed E-state index contributed by atoms with van der Waals surface area (Å²) in [7, 11) is 0. The molecule has 0 aromatic heterocycles. The zero-order valence-electron chi connectivity index (χ0n) is 45.4. The van der Waals surface area contributed by atoms with Crippen LogP contribution in [0.2, 0.25) is 0 Å². The number of ether oxygens (including phenoxy) is 6. The Morgan fingerprint density at radius 1 is 0.341 bits per heavy atom. The van der Waals surface area contributed by atoms with Crippen LogP contribution in [-0.4, -0.2) is 11.6 Å². The van der Waals surface area contributed by atoms with E-state index in [1.807, 2.05) is 54.6 Å². The number of nitriles is 8. The van der Waals surface area contributed by atoms with Crippen molar-refractivity contribution in [2.24, 2.45) is 0 Å². The molecule has 0 radical (unpaired) electrons. The van der Waals surface area contributed by atoms with Gasteiger partial charge in [-0.05, 0) is 84.9 Å². The summed E-state index contributed by atoms with van der Waals surface area (Å²) in [5.41, 5.74) is -0.0257. The fraction of sp³-hybridized carbons (Fsp3) is 0. The van der Waals surface area contributed by atoms with E-state index < -0.39 is 11.6 Å². The monoisotopic (exact) mass is 1370 g/mol. The van der Waals surface area contributed by atoms with Crippen molar-refractivity contribution in [1.82, 2.24) is 0 Å². The number of hydrogen-bond donors (Lipinski definition) is 1. The minimum Gasteiger partial charge on any atom is -1.00 e. The molecule has 85 heavy (non-hydrogen) atoms. The van der Waals surface area contributed by atoms with Crippen LogP contribution in [-0.2, 0) is 9.68 Å². The van der Waals surface area contributed by atoms with Gasteiger partial charge >= 0.3 is 138 Å². The summed E-state index contributed by atoms with van der Waals surface area (Å²) >= 11 is 0. The summed E-state index contributed by atoms with van der Waals surface area (Å²) in [6, 6.07) is 64.0. The fourth-order valence-corrected chi connectivity index (χ4v) is 6.80. The van der Waals surface area contributed by atoms with E-state index in [1.54, 1.807) is 109 Å². The Balaban J connectivity index is 0.000000383. The predicted octanol–water partition coefficient (Wildman–Crippen LogP) is 7.33. The third-order valence-corrected chi connectivity index (χ3v) is 10.5. The molecular formula is C63H34Cs2F2N8O10. The third kappa shape index (κ3) is 20.3. The van der Waals surface area contributed by atoms with Gasteiger partial charge in [0, 0.05) is 36.4 Å². The molecule has 0 saturated carbocycles. The van der Waals surface area contributed by atoms with E-state index in [0.29, 0.717) is 28.7 Å². The largest absolute Gasteiger partial charge is 1.00 e. The van der Waals surface area contributed by atoms with Gasteiger partial charge in [-0.2, -0.15) is 42.1 Å².